The second kappa shape index (κ2) is 8.67. The van der Waals surface area contributed by atoms with E-state index in [-0.39, 0.29) is 17.6 Å². The first kappa shape index (κ1) is 19.6. The molecule has 144 valence electrons. The average molecular weight is 396 g/mol. The molecule has 0 aliphatic carbocycles. The molecule has 2 aromatic rings. The fourth-order valence-electron chi connectivity index (χ4n) is 2.76. The normalized spacial score (nSPS) is 15.3. The van der Waals surface area contributed by atoms with Crippen LogP contribution < -0.4 is 4.74 Å². The van der Waals surface area contributed by atoms with E-state index < -0.39 is 5.97 Å². The number of ether oxygens (including phenoxy) is 2. The lowest BCUT2D eigenvalue weighted by Gasteiger charge is -2.14. The highest BCUT2D eigenvalue weighted by Gasteiger charge is 2.37. The third-order valence-corrected chi connectivity index (χ3v) is 4.80. The topological polar surface area (TPSA) is 59.1 Å². The molecule has 0 atom stereocenters. The molecule has 7 heteroatoms. The van der Waals surface area contributed by atoms with Gasteiger partial charge in [0.2, 0.25) is 0 Å². The van der Waals surface area contributed by atoms with Crippen molar-refractivity contribution in [3.05, 3.63) is 71.4 Å². The summed E-state index contributed by atoms with van der Waals surface area (Å²) in [4.78, 5) is 27.1. The SMILES string of the molecule is COC(=O)CN1C(=O)/C(=C/c2ccccc2OCc2ccccc2)N(C)C1=S. The van der Waals surface area contributed by atoms with Crippen LogP contribution in [0.2, 0.25) is 0 Å². The van der Waals surface area contributed by atoms with Crippen LogP contribution in [0.25, 0.3) is 6.08 Å². The highest BCUT2D eigenvalue weighted by Crippen LogP contribution is 2.27. The lowest BCUT2D eigenvalue weighted by Crippen LogP contribution is -2.36. The summed E-state index contributed by atoms with van der Waals surface area (Å²) < 4.78 is 10.6. The van der Waals surface area contributed by atoms with Crippen LogP contribution in [0.5, 0.6) is 5.75 Å². The molecule has 1 heterocycles. The third-order valence-electron chi connectivity index (χ3n) is 4.31. The molecule has 0 unspecified atom stereocenters. The molecular formula is C21H20N2O4S. The Morgan fingerprint density at radius 3 is 2.50 bits per heavy atom. The van der Waals surface area contributed by atoms with Gasteiger partial charge in [0.1, 0.15) is 24.6 Å². The van der Waals surface area contributed by atoms with Gasteiger partial charge in [0.15, 0.2) is 5.11 Å². The van der Waals surface area contributed by atoms with E-state index in [2.05, 4.69) is 4.74 Å². The van der Waals surface area contributed by atoms with Crippen molar-refractivity contribution in [3.63, 3.8) is 0 Å². The Kier molecular flexibility index (Phi) is 6.06. The predicted molar refractivity (Wildman–Crippen MR) is 109 cm³/mol. The molecule has 0 saturated carbocycles. The van der Waals surface area contributed by atoms with Gasteiger partial charge in [-0.3, -0.25) is 14.5 Å². The third kappa shape index (κ3) is 4.20. The Morgan fingerprint density at radius 1 is 1.11 bits per heavy atom. The van der Waals surface area contributed by atoms with Crippen molar-refractivity contribution in [2.75, 3.05) is 20.7 Å². The van der Waals surface area contributed by atoms with Crippen LogP contribution in [0.15, 0.2) is 60.3 Å². The molecular weight excluding hydrogens is 376 g/mol. The van der Waals surface area contributed by atoms with Gasteiger partial charge in [-0.2, -0.15) is 0 Å². The van der Waals surface area contributed by atoms with E-state index >= 15 is 0 Å². The monoisotopic (exact) mass is 396 g/mol. The number of amides is 1. The predicted octanol–water partition coefficient (Wildman–Crippen LogP) is 2.84. The van der Waals surface area contributed by atoms with Gasteiger partial charge >= 0.3 is 5.97 Å². The van der Waals surface area contributed by atoms with Crippen molar-refractivity contribution in [2.24, 2.45) is 0 Å². The standard InChI is InChI=1S/C21H20N2O4S/c1-22-17(20(25)23(21(22)28)13-19(24)26-2)12-16-10-6-7-11-18(16)27-14-15-8-4-3-5-9-15/h3-12H,13-14H2,1-2H3/b17-12-. The zero-order valence-corrected chi connectivity index (χ0v) is 16.4. The summed E-state index contributed by atoms with van der Waals surface area (Å²) in [5.74, 6) is -0.231. The van der Waals surface area contributed by atoms with E-state index in [9.17, 15) is 9.59 Å². The fourth-order valence-corrected chi connectivity index (χ4v) is 3.00. The van der Waals surface area contributed by atoms with Gasteiger partial charge < -0.3 is 14.4 Å². The van der Waals surface area contributed by atoms with Crippen molar-refractivity contribution in [3.8, 4) is 5.75 Å². The van der Waals surface area contributed by atoms with Crippen LogP contribution >= 0.6 is 12.2 Å². The number of esters is 1. The number of benzene rings is 2. The molecule has 2 aromatic carbocycles. The Labute approximate surface area is 169 Å². The number of methoxy groups -OCH3 is 1. The zero-order chi connectivity index (χ0) is 20.1. The number of carbonyl (C=O) groups is 2. The van der Waals surface area contributed by atoms with Crippen LogP contribution in [0.4, 0.5) is 0 Å². The zero-order valence-electron chi connectivity index (χ0n) is 15.6. The number of likely N-dealkylation sites (N-methyl/N-ethyl adjacent to an activating group) is 1. The molecule has 1 aliphatic heterocycles. The quantitative estimate of drug-likeness (QED) is 0.425. The molecule has 3 rings (SSSR count). The number of hydrogen-bond acceptors (Lipinski definition) is 5. The Morgan fingerprint density at radius 2 is 1.79 bits per heavy atom. The molecule has 0 bridgehead atoms. The largest absolute Gasteiger partial charge is 0.488 e. The molecule has 1 amide bonds. The van der Waals surface area contributed by atoms with Gasteiger partial charge in [-0.25, -0.2) is 0 Å². The first-order chi connectivity index (χ1) is 13.5. The second-order valence-electron chi connectivity index (χ2n) is 6.15. The second-order valence-corrected chi connectivity index (χ2v) is 6.52. The van der Waals surface area contributed by atoms with Crippen molar-refractivity contribution >= 4 is 35.3 Å². The first-order valence-electron chi connectivity index (χ1n) is 8.65. The number of carbonyl (C=O) groups excluding carboxylic acids is 2. The molecule has 0 aromatic heterocycles. The van der Waals surface area contributed by atoms with Crippen molar-refractivity contribution in [1.29, 1.82) is 0 Å². The van der Waals surface area contributed by atoms with Gasteiger partial charge in [0.25, 0.3) is 5.91 Å². The lowest BCUT2D eigenvalue weighted by atomic mass is 10.1. The van der Waals surface area contributed by atoms with Gasteiger partial charge in [0.05, 0.1) is 7.11 Å². The number of nitrogens with zero attached hydrogens (tertiary/aromatic N) is 2. The molecule has 28 heavy (non-hydrogen) atoms. The summed E-state index contributed by atoms with van der Waals surface area (Å²) in [6.45, 7) is 0.194. The number of para-hydroxylation sites is 1. The Balaban J connectivity index is 1.83. The summed E-state index contributed by atoms with van der Waals surface area (Å²) in [7, 11) is 2.96. The molecule has 1 saturated heterocycles. The van der Waals surface area contributed by atoms with Gasteiger partial charge in [-0.15, -0.1) is 0 Å². The number of thiocarbonyl (C=S) groups is 1. The summed E-state index contributed by atoms with van der Waals surface area (Å²) in [5, 5.41) is 0.254. The Bertz CT molecular complexity index is 927. The number of rotatable bonds is 6. The summed E-state index contributed by atoms with van der Waals surface area (Å²) in [6.07, 6.45) is 1.71. The maximum atomic E-state index is 12.8. The summed E-state index contributed by atoms with van der Waals surface area (Å²) in [6, 6.07) is 17.3. The molecule has 0 N–H and O–H groups in total. The van der Waals surface area contributed by atoms with Crippen LogP contribution in [-0.4, -0.2) is 47.5 Å². The van der Waals surface area contributed by atoms with Crippen molar-refractivity contribution < 1.29 is 19.1 Å². The van der Waals surface area contributed by atoms with E-state index in [4.69, 9.17) is 17.0 Å². The highest BCUT2D eigenvalue weighted by molar-refractivity contribution is 7.80. The van der Waals surface area contributed by atoms with Crippen molar-refractivity contribution in [1.82, 2.24) is 9.80 Å². The average Bonchev–Trinajstić information content (AvgIpc) is 2.92. The van der Waals surface area contributed by atoms with E-state index in [1.54, 1.807) is 18.0 Å². The molecule has 1 fully saturated rings. The highest BCUT2D eigenvalue weighted by atomic mass is 32.1. The minimum atomic E-state index is -0.531. The molecule has 6 nitrogen and oxygen atoms in total. The smallest absolute Gasteiger partial charge is 0.325 e. The maximum absolute atomic E-state index is 12.8. The maximum Gasteiger partial charge on any atom is 0.325 e. The van der Waals surface area contributed by atoms with E-state index in [1.165, 1.54) is 12.0 Å². The summed E-state index contributed by atoms with van der Waals surface area (Å²) in [5.41, 5.74) is 2.16. The van der Waals surface area contributed by atoms with Gasteiger partial charge in [-0.05, 0) is 29.9 Å². The fraction of sp³-hybridized carbons (Fsp3) is 0.190. The van der Waals surface area contributed by atoms with Crippen LogP contribution in [0, 0.1) is 0 Å². The van der Waals surface area contributed by atoms with Crippen molar-refractivity contribution in [2.45, 2.75) is 6.61 Å². The number of hydrogen-bond donors (Lipinski definition) is 0. The minimum absolute atomic E-state index is 0.220. The Hall–Kier alpha value is -3.19. The first-order valence-corrected chi connectivity index (χ1v) is 9.06. The van der Waals surface area contributed by atoms with Crippen LogP contribution in [-0.2, 0) is 20.9 Å². The summed E-state index contributed by atoms with van der Waals surface area (Å²) >= 11 is 5.30. The molecule has 0 spiro atoms. The van der Waals surface area contributed by atoms with Gasteiger partial charge in [0, 0.05) is 12.6 Å². The molecule has 1 aliphatic rings. The van der Waals surface area contributed by atoms with E-state index in [0.717, 1.165) is 11.1 Å². The van der Waals surface area contributed by atoms with E-state index in [1.807, 2.05) is 54.6 Å². The minimum Gasteiger partial charge on any atom is -0.488 e. The van der Waals surface area contributed by atoms with Crippen LogP contribution in [0.3, 0.4) is 0 Å². The van der Waals surface area contributed by atoms with Gasteiger partial charge in [-0.1, -0.05) is 48.5 Å². The lowest BCUT2D eigenvalue weighted by molar-refractivity contribution is -0.143. The van der Waals surface area contributed by atoms with Crippen LogP contribution in [0.1, 0.15) is 11.1 Å². The van der Waals surface area contributed by atoms with E-state index in [0.29, 0.717) is 18.1 Å². The molecule has 0 radical (unpaired) electrons.